The molecule has 2 unspecified atom stereocenters. The van der Waals surface area contributed by atoms with E-state index in [0.29, 0.717) is 11.8 Å². The fourth-order valence-electron chi connectivity index (χ4n) is 3.14. The number of hydrogen-bond donors (Lipinski definition) is 0. The lowest BCUT2D eigenvalue weighted by atomic mass is 9.92. The van der Waals surface area contributed by atoms with Gasteiger partial charge in [0.15, 0.2) is 0 Å². The molecular formula is C17H17Br. The van der Waals surface area contributed by atoms with Crippen LogP contribution >= 0.6 is 15.9 Å². The summed E-state index contributed by atoms with van der Waals surface area (Å²) >= 11 is 3.59. The van der Waals surface area contributed by atoms with Gasteiger partial charge < -0.3 is 0 Å². The largest absolute Gasteiger partial charge is 0.0928 e. The maximum Gasteiger partial charge on any atom is 0.00979 e. The molecule has 1 heteroatoms. The lowest BCUT2D eigenvalue weighted by molar-refractivity contribution is 0.625. The lowest BCUT2D eigenvalue weighted by Crippen LogP contribution is -1.96. The monoisotopic (exact) mass is 300 g/mol. The van der Waals surface area contributed by atoms with Crippen LogP contribution in [0.5, 0.6) is 0 Å². The summed E-state index contributed by atoms with van der Waals surface area (Å²) in [6.07, 6.45) is 2.50. The van der Waals surface area contributed by atoms with Gasteiger partial charge in [0, 0.05) is 11.2 Å². The van der Waals surface area contributed by atoms with E-state index < -0.39 is 0 Å². The van der Waals surface area contributed by atoms with Gasteiger partial charge in [-0.3, -0.25) is 0 Å². The zero-order chi connectivity index (χ0) is 12.4. The minimum absolute atomic E-state index is 0.589. The molecular weight excluding hydrogens is 284 g/mol. The minimum atomic E-state index is 0.589. The molecule has 0 spiro atoms. The molecule has 0 nitrogen and oxygen atoms in total. The molecule has 1 aliphatic carbocycles. The molecule has 2 aromatic carbocycles. The highest BCUT2D eigenvalue weighted by molar-refractivity contribution is 9.09. The molecule has 1 aliphatic rings. The third-order valence-corrected chi connectivity index (χ3v) is 4.45. The Balaban J connectivity index is 1.99. The van der Waals surface area contributed by atoms with Crippen molar-refractivity contribution in [2.24, 2.45) is 0 Å². The zero-order valence-electron chi connectivity index (χ0n) is 10.4. The van der Waals surface area contributed by atoms with Gasteiger partial charge >= 0.3 is 0 Å². The third-order valence-electron chi connectivity index (χ3n) is 3.99. The van der Waals surface area contributed by atoms with Crippen LogP contribution in [-0.4, -0.2) is 5.33 Å². The highest BCUT2D eigenvalue weighted by atomic mass is 79.9. The molecule has 3 rings (SSSR count). The van der Waals surface area contributed by atoms with E-state index in [1.54, 1.807) is 5.56 Å². The fraction of sp³-hybridized carbons (Fsp3) is 0.294. The summed E-state index contributed by atoms with van der Waals surface area (Å²) in [6, 6.07) is 19.9. The van der Waals surface area contributed by atoms with Gasteiger partial charge in [-0.25, -0.2) is 0 Å². The Hall–Kier alpha value is -1.08. The van der Waals surface area contributed by atoms with E-state index in [4.69, 9.17) is 0 Å². The highest BCUT2D eigenvalue weighted by Crippen LogP contribution is 2.46. The average Bonchev–Trinajstić information content (AvgIpc) is 2.80. The van der Waals surface area contributed by atoms with Crippen molar-refractivity contribution in [3.05, 3.63) is 71.3 Å². The van der Waals surface area contributed by atoms with Crippen molar-refractivity contribution in [2.45, 2.75) is 24.7 Å². The van der Waals surface area contributed by atoms with Gasteiger partial charge in [-0.1, -0.05) is 70.5 Å². The summed E-state index contributed by atoms with van der Waals surface area (Å²) in [4.78, 5) is 0. The number of rotatable bonds is 3. The first-order chi connectivity index (χ1) is 8.90. The van der Waals surface area contributed by atoms with Crippen LogP contribution in [0.2, 0.25) is 0 Å². The van der Waals surface area contributed by atoms with Crippen molar-refractivity contribution >= 4 is 15.9 Å². The van der Waals surface area contributed by atoms with Gasteiger partial charge in [-0.2, -0.15) is 0 Å². The van der Waals surface area contributed by atoms with E-state index in [-0.39, 0.29) is 0 Å². The summed E-state index contributed by atoms with van der Waals surface area (Å²) in [5.74, 6) is 1.30. The Bertz CT molecular complexity index is 518. The van der Waals surface area contributed by atoms with Gasteiger partial charge in [0.1, 0.15) is 0 Å². The Labute approximate surface area is 117 Å². The van der Waals surface area contributed by atoms with Crippen molar-refractivity contribution in [3.63, 3.8) is 0 Å². The van der Waals surface area contributed by atoms with Crippen molar-refractivity contribution in [1.82, 2.24) is 0 Å². The molecule has 0 radical (unpaired) electrons. The SMILES string of the molecule is BrCCC1CC(c2ccccc2)c2ccccc21. The Morgan fingerprint density at radius 3 is 2.28 bits per heavy atom. The fourth-order valence-corrected chi connectivity index (χ4v) is 3.70. The molecule has 0 bridgehead atoms. The van der Waals surface area contributed by atoms with E-state index in [0.717, 1.165) is 5.33 Å². The van der Waals surface area contributed by atoms with Gasteiger partial charge in [0.25, 0.3) is 0 Å². The van der Waals surface area contributed by atoms with Crippen LogP contribution in [0.4, 0.5) is 0 Å². The van der Waals surface area contributed by atoms with E-state index in [1.165, 1.54) is 24.0 Å². The summed E-state index contributed by atoms with van der Waals surface area (Å²) in [7, 11) is 0. The molecule has 0 aromatic heterocycles. The predicted octanol–water partition coefficient (Wildman–Crippen LogP) is 5.09. The number of halogens is 1. The molecule has 0 heterocycles. The van der Waals surface area contributed by atoms with E-state index in [2.05, 4.69) is 70.5 Å². The van der Waals surface area contributed by atoms with Gasteiger partial charge in [-0.15, -0.1) is 0 Å². The van der Waals surface area contributed by atoms with Crippen LogP contribution in [0.15, 0.2) is 54.6 Å². The first-order valence-electron chi connectivity index (χ1n) is 6.60. The maximum atomic E-state index is 3.59. The molecule has 2 atom stereocenters. The standard InChI is InChI=1S/C17H17Br/c18-11-10-14-12-17(13-6-2-1-3-7-13)16-9-5-4-8-15(14)16/h1-9,14,17H,10-12H2. The van der Waals surface area contributed by atoms with Crippen LogP contribution < -0.4 is 0 Å². The number of fused-ring (bicyclic) bond motifs is 1. The summed E-state index contributed by atoms with van der Waals surface area (Å²) in [6.45, 7) is 0. The van der Waals surface area contributed by atoms with Crippen molar-refractivity contribution < 1.29 is 0 Å². The van der Waals surface area contributed by atoms with Crippen molar-refractivity contribution in [3.8, 4) is 0 Å². The summed E-state index contributed by atoms with van der Waals surface area (Å²) < 4.78 is 0. The Morgan fingerprint density at radius 2 is 1.56 bits per heavy atom. The highest BCUT2D eigenvalue weighted by Gasteiger charge is 2.30. The average molecular weight is 301 g/mol. The predicted molar refractivity (Wildman–Crippen MR) is 80.5 cm³/mol. The van der Waals surface area contributed by atoms with Gasteiger partial charge in [0.2, 0.25) is 0 Å². The van der Waals surface area contributed by atoms with E-state index >= 15 is 0 Å². The summed E-state index contributed by atoms with van der Waals surface area (Å²) in [5.41, 5.74) is 4.56. The Kier molecular flexibility index (Phi) is 3.51. The molecule has 18 heavy (non-hydrogen) atoms. The number of hydrogen-bond acceptors (Lipinski definition) is 0. The number of alkyl halides is 1. The first-order valence-corrected chi connectivity index (χ1v) is 7.72. The quantitative estimate of drug-likeness (QED) is 0.693. The smallest absolute Gasteiger partial charge is 0.00979 e. The Morgan fingerprint density at radius 1 is 0.889 bits per heavy atom. The third kappa shape index (κ3) is 2.12. The van der Waals surface area contributed by atoms with Gasteiger partial charge in [0.05, 0.1) is 0 Å². The molecule has 0 amide bonds. The second kappa shape index (κ2) is 5.27. The minimum Gasteiger partial charge on any atom is -0.0928 e. The zero-order valence-corrected chi connectivity index (χ0v) is 11.9. The number of benzene rings is 2. The topological polar surface area (TPSA) is 0 Å². The normalized spacial score (nSPS) is 21.8. The van der Waals surface area contributed by atoms with Crippen LogP contribution in [0, 0.1) is 0 Å². The maximum absolute atomic E-state index is 3.59. The molecule has 0 saturated carbocycles. The first kappa shape index (κ1) is 12.0. The molecule has 0 fully saturated rings. The summed E-state index contributed by atoms with van der Waals surface area (Å²) in [5, 5.41) is 1.09. The van der Waals surface area contributed by atoms with Gasteiger partial charge in [-0.05, 0) is 35.4 Å². The van der Waals surface area contributed by atoms with E-state index in [1.807, 2.05) is 0 Å². The van der Waals surface area contributed by atoms with Crippen molar-refractivity contribution in [2.75, 3.05) is 5.33 Å². The molecule has 0 N–H and O–H groups in total. The van der Waals surface area contributed by atoms with E-state index in [9.17, 15) is 0 Å². The second-order valence-electron chi connectivity index (χ2n) is 5.00. The molecule has 92 valence electrons. The van der Waals surface area contributed by atoms with Crippen LogP contribution in [-0.2, 0) is 0 Å². The van der Waals surface area contributed by atoms with Crippen LogP contribution in [0.3, 0.4) is 0 Å². The lowest BCUT2D eigenvalue weighted by Gasteiger charge is -2.12. The second-order valence-corrected chi connectivity index (χ2v) is 5.80. The molecule has 0 aliphatic heterocycles. The van der Waals surface area contributed by atoms with Crippen LogP contribution in [0.1, 0.15) is 41.4 Å². The van der Waals surface area contributed by atoms with Crippen molar-refractivity contribution in [1.29, 1.82) is 0 Å². The molecule has 0 saturated heterocycles. The van der Waals surface area contributed by atoms with Crippen LogP contribution in [0.25, 0.3) is 0 Å². The molecule has 2 aromatic rings.